The predicted molar refractivity (Wildman–Crippen MR) is 64.4 cm³/mol. The van der Waals surface area contributed by atoms with E-state index in [9.17, 15) is 4.79 Å². The third kappa shape index (κ3) is 4.23. The minimum Gasteiger partial charge on any atom is -0.375 e. The number of piperazine rings is 1. The van der Waals surface area contributed by atoms with Gasteiger partial charge in [0.25, 0.3) is 0 Å². The Bertz CT molecular complexity index is 248. The molecule has 0 spiro atoms. The van der Waals surface area contributed by atoms with Crippen molar-refractivity contribution in [3.63, 3.8) is 0 Å². The molecule has 2 N–H and O–H groups in total. The number of rotatable bonds is 3. The molecule has 1 unspecified atom stereocenters. The zero-order chi connectivity index (χ0) is 12.1. The van der Waals surface area contributed by atoms with E-state index >= 15 is 0 Å². The van der Waals surface area contributed by atoms with Crippen LogP contribution in [0.5, 0.6) is 0 Å². The SMILES string of the molecule is CN1CCN(NC(=O)CC2CNCCO2)CC1. The molecule has 1 amide bonds. The highest BCUT2D eigenvalue weighted by Gasteiger charge is 2.20. The molecule has 0 aromatic heterocycles. The van der Waals surface area contributed by atoms with Gasteiger partial charge in [-0.3, -0.25) is 10.2 Å². The summed E-state index contributed by atoms with van der Waals surface area (Å²) < 4.78 is 5.50. The summed E-state index contributed by atoms with van der Waals surface area (Å²) in [6.07, 6.45) is 0.468. The van der Waals surface area contributed by atoms with E-state index in [1.165, 1.54) is 0 Å². The average molecular weight is 242 g/mol. The molecule has 0 radical (unpaired) electrons. The largest absolute Gasteiger partial charge is 0.375 e. The van der Waals surface area contributed by atoms with Crippen LogP contribution in [0.25, 0.3) is 0 Å². The first-order chi connectivity index (χ1) is 8.24. The predicted octanol–water partition coefficient (Wildman–Crippen LogP) is -1.36. The van der Waals surface area contributed by atoms with Crippen molar-refractivity contribution >= 4 is 5.91 Å². The molecule has 2 fully saturated rings. The van der Waals surface area contributed by atoms with Crippen LogP contribution in [0.2, 0.25) is 0 Å². The molecule has 2 saturated heterocycles. The number of hydrazine groups is 1. The lowest BCUT2D eigenvalue weighted by Gasteiger charge is -2.33. The van der Waals surface area contributed by atoms with Crippen molar-refractivity contribution in [3.8, 4) is 0 Å². The van der Waals surface area contributed by atoms with Gasteiger partial charge in [0.05, 0.1) is 19.1 Å². The van der Waals surface area contributed by atoms with Gasteiger partial charge in [-0.1, -0.05) is 0 Å². The Kier molecular flexibility index (Phi) is 4.73. The van der Waals surface area contributed by atoms with Crippen LogP contribution >= 0.6 is 0 Å². The van der Waals surface area contributed by atoms with E-state index in [2.05, 4.69) is 22.7 Å². The van der Waals surface area contributed by atoms with Crippen LogP contribution in [0.1, 0.15) is 6.42 Å². The van der Waals surface area contributed by atoms with Crippen LogP contribution in [0.15, 0.2) is 0 Å². The van der Waals surface area contributed by atoms with Gasteiger partial charge in [0.15, 0.2) is 0 Å². The fourth-order valence-electron chi connectivity index (χ4n) is 2.10. The van der Waals surface area contributed by atoms with E-state index in [-0.39, 0.29) is 12.0 Å². The van der Waals surface area contributed by atoms with Gasteiger partial charge < -0.3 is 15.0 Å². The molecule has 1 atom stereocenters. The molecule has 0 bridgehead atoms. The highest BCUT2D eigenvalue weighted by molar-refractivity contribution is 5.75. The summed E-state index contributed by atoms with van der Waals surface area (Å²) in [4.78, 5) is 14.0. The van der Waals surface area contributed by atoms with Gasteiger partial charge in [-0.25, -0.2) is 5.01 Å². The van der Waals surface area contributed by atoms with Gasteiger partial charge in [0.1, 0.15) is 0 Å². The molecule has 0 saturated carbocycles. The lowest BCUT2D eigenvalue weighted by molar-refractivity contribution is -0.130. The zero-order valence-electron chi connectivity index (χ0n) is 10.4. The van der Waals surface area contributed by atoms with Gasteiger partial charge in [0.2, 0.25) is 5.91 Å². The Morgan fingerprint density at radius 3 is 2.82 bits per heavy atom. The number of nitrogens with zero attached hydrogens (tertiary/aromatic N) is 2. The second kappa shape index (κ2) is 6.30. The van der Waals surface area contributed by atoms with Gasteiger partial charge >= 0.3 is 0 Å². The Morgan fingerprint density at radius 2 is 2.18 bits per heavy atom. The Morgan fingerprint density at radius 1 is 1.41 bits per heavy atom. The maximum atomic E-state index is 11.8. The molecule has 6 heteroatoms. The smallest absolute Gasteiger partial charge is 0.236 e. The highest BCUT2D eigenvalue weighted by Crippen LogP contribution is 2.02. The first-order valence-electron chi connectivity index (χ1n) is 6.29. The molecule has 17 heavy (non-hydrogen) atoms. The van der Waals surface area contributed by atoms with E-state index in [4.69, 9.17) is 4.74 Å². The van der Waals surface area contributed by atoms with Crippen molar-refractivity contribution in [2.45, 2.75) is 12.5 Å². The first kappa shape index (κ1) is 12.8. The van der Waals surface area contributed by atoms with Crippen molar-refractivity contribution in [3.05, 3.63) is 0 Å². The minimum atomic E-state index is 0.0243. The lowest BCUT2D eigenvalue weighted by atomic mass is 10.2. The van der Waals surface area contributed by atoms with Crippen LogP contribution in [0.3, 0.4) is 0 Å². The summed E-state index contributed by atoms with van der Waals surface area (Å²) in [6, 6.07) is 0. The van der Waals surface area contributed by atoms with Crippen molar-refractivity contribution in [2.75, 3.05) is 52.9 Å². The molecular weight excluding hydrogens is 220 g/mol. The normalized spacial score (nSPS) is 27.9. The summed E-state index contributed by atoms with van der Waals surface area (Å²) in [5, 5.41) is 5.22. The standard InChI is InChI=1S/C11H22N4O2/c1-14-3-5-15(6-4-14)13-11(16)8-10-9-12-2-7-17-10/h10,12H,2-9H2,1H3,(H,13,16). The number of morpholine rings is 1. The van der Waals surface area contributed by atoms with E-state index in [1.807, 2.05) is 5.01 Å². The average Bonchev–Trinajstić information content (AvgIpc) is 2.33. The summed E-state index contributed by atoms with van der Waals surface area (Å²) in [6.45, 7) is 6.15. The summed E-state index contributed by atoms with van der Waals surface area (Å²) in [7, 11) is 2.10. The van der Waals surface area contributed by atoms with Crippen molar-refractivity contribution in [1.29, 1.82) is 0 Å². The minimum absolute atomic E-state index is 0.0243. The number of carbonyl (C=O) groups excluding carboxylic acids is 1. The molecule has 2 aliphatic heterocycles. The third-order valence-electron chi connectivity index (χ3n) is 3.20. The second-order valence-electron chi connectivity index (χ2n) is 4.73. The Balaban J connectivity index is 1.66. The molecule has 2 aliphatic rings. The molecule has 6 nitrogen and oxygen atoms in total. The van der Waals surface area contributed by atoms with Gasteiger partial charge in [-0.2, -0.15) is 0 Å². The molecule has 0 aliphatic carbocycles. The topological polar surface area (TPSA) is 56.8 Å². The number of hydrogen-bond donors (Lipinski definition) is 2. The van der Waals surface area contributed by atoms with Crippen molar-refractivity contribution < 1.29 is 9.53 Å². The molecular formula is C11H22N4O2. The van der Waals surface area contributed by atoms with E-state index in [1.54, 1.807) is 0 Å². The zero-order valence-corrected chi connectivity index (χ0v) is 10.4. The molecule has 0 aromatic carbocycles. The lowest BCUT2D eigenvalue weighted by Crippen LogP contribution is -2.53. The maximum absolute atomic E-state index is 11.8. The molecule has 2 heterocycles. The number of amides is 1. The number of hydrogen-bond acceptors (Lipinski definition) is 5. The van der Waals surface area contributed by atoms with Gasteiger partial charge in [-0.15, -0.1) is 0 Å². The fourth-order valence-corrected chi connectivity index (χ4v) is 2.10. The van der Waals surface area contributed by atoms with Crippen LogP contribution < -0.4 is 10.7 Å². The maximum Gasteiger partial charge on any atom is 0.236 e. The summed E-state index contributed by atoms with van der Waals surface area (Å²) >= 11 is 0. The van der Waals surface area contributed by atoms with E-state index < -0.39 is 0 Å². The summed E-state index contributed by atoms with van der Waals surface area (Å²) in [5.41, 5.74) is 2.95. The van der Waals surface area contributed by atoms with Crippen LogP contribution in [-0.2, 0) is 9.53 Å². The molecule has 98 valence electrons. The third-order valence-corrected chi connectivity index (χ3v) is 3.20. The fraction of sp³-hybridized carbons (Fsp3) is 0.909. The number of likely N-dealkylation sites (N-methyl/N-ethyl adjacent to an activating group) is 1. The number of carbonyl (C=O) groups is 1. The van der Waals surface area contributed by atoms with Crippen LogP contribution in [0.4, 0.5) is 0 Å². The Labute approximate surface area is 102 Å². The first-order valence-corrected chi connectivity index (χ1v) is 6.29. The monoisotopic (exact) mass is 242 g/mol. The highest BCUT2D eigenvalue weighted by atomic mass is 16.5. The van der Waals surface area contributed by atoms with Crippen LogP contribution in [-0.4, -0.2) is 74.8 Å². The Hall–Kier alpha value is -0.690. The summed E-state index contributed by atoms with van der Waals surface area (Å²) in [5.74, 6) is 0.0586. The van der Waals surface area contributed by atoms with Gasteiger partial charge in [-0.05, 0) is 7.05 Å². The van der Waals surface area contributed by atoms with Crippen LogP contribution in [0, 0.1) is 0 Å². The quantitative estimate of drug-likeness (QED) is 0.640. The van der Waals surface area contributed by atoms with E-state index in [0.717, 1.165) is 39.3 Å². The molecule has 2 rings (SSSR count). The van der Waals surface area contributed by atoms with Crippen molar-refractivity contribution in [1.82, 2.24) is 20.7 Å². The van der Waals surface area contributed by atoms with E-state index in [0.29, 0.717) is 13.0 Å². The number of nitrogens with one attached hydrogen (secondary N) is 2. The molecule has 0 aromatic rings. The second-order valence-corrected chi connectivity index (χ2v) is 4.73. The number of ether oxygens (including phenoxy) is 1. The van der Waals surface area contributed by atoms with Crippen molar-refractivity contribution in [2.24, 2.45) is 0 Å². The van der Waals surface area contributed by atoms with Gasteiger partial charge in [0, 0.05) is 39.3 Å².